The van der Waals surface area contributed by atoms with E-state index in [2.05, 4.69) is 4.98 Å². The van der Waals surface area contributed by atoms with Gasteiger partial charge in [0, 0.05) is 11.8 Å². The quantitative estimate of drug-likeness (QED) is 0.648. The first-order valence-electron chi connectivity index (χ1n) is 7.92. The number of hydrogen-bond donors (Lipinski definition) is 0. The third kappa shape index (κ3) is 3.11. The zero-order valence-electron chi connectivity index (χ0n) is 13.7. The van der Waals surface area contributed by atoms with Crippen LogP contribution < -0.4 is 0 Å². The number of carbonyl (C=O) groups excluding carboxylic acids is 3. The van der Waals surface area contributed by atoms with Crippen LogP contribution >= 0.6 is 11.3 Å². The number of hydrogen-bond acceptors (Lipinski definition) is 6. The molecule has 134 valence electrons. The molecule has 0 fully saturated rings. The fraction of sp³-hybridized carbons (Fsp3) is 0.0526. The topological polar surface area (TPSA) is 76.6 Å². The maximum atomic E-state index is 13.7. The molecule has 0 saturated heterocycles. The molecule has 0 aliphatic carbocycles. The summed E-state index contributed by atoms with van der Waals surface area (Å²) in [5, 5.41) is 2.38. The molecule has 3 aromatic rings. The highest BCUT2D eigenvalue weighted by molar-refractivity contribution is 7.09. The number of aromatic nitrogens is 1. The highest BCUT2D eigenvalue weighted by Crippen LogP contribution is 2.24. The zero-order valence-corrected chi connectivity index (χ0v) is 14.5. The Labute approximate surface area is 156 Å². The third-order valence-electron chi connectivity index (χ3n) is 3.99. The van der Waals surface area contributed by atoms with Crippen molar-refractivity contribution in [2.24, 2.45) is 0 Å². The van der Waals surface area contributed by atoms with Crippen LogP contribution in [-0.4, -0.2) is 27.8 Å². The average molecular weight is 382 g/mol. The van der Waals surface area contributed by atoms with Crippen molar-refractivity contribution >= 4 is 29.1 Å². The fourth-order valence-electron chi connectivity index (χ4n) is 2.67. The number of imide groups is 1. The van der Waals surface area contributed by atoms with E-state index in [0.29, 0.717) is 15.6 Å². The summed E-state index contributed by atoms with van der Waals surface area (Å²) in [6.07, 6.45) is 0.220. The average Bonchev–Trinajstić information content (AvgIpc) is 3.23. The fourth-order valence-corrected chi connectivity index (χ4v) is 3.46. The van der Waals surface area contributed by atoms with Crippen LogP contribution in [0.4, 0.5) is 4.39 Å². The molecule has 1 aliphatic heterocycles. The number of rotatable bonds is 4. The van der Waals surface area contributed by atoms with Crippen LogP contribution in [0.2, 0.25) is 0 Å². The first kappa shape index (κ1) is 17.0. The Hall–Kier alpha value is -3.39. The second kappa shape index (κ2) is 6.73. The summed E-state index contributed by atoms with van der Waals surface area (Å²) in [4.78, 5) is 45.8. The molecule has 1 aromatic heterocycles. The summed E-state index contributed by atoms with van der Waals surface area (Å²) in [6.45, 7) is 0. The third-order valence-corrected chi connectivity index (χ3v) is 4.84. The monoisotopic (exact) mass is 382 g/mol. The molecule has 27 heavy (non-hydrogen) atoms. The van der Waals surface area contributed by atoms with Crippen LogP contribution in [0.15, 0.2) is 53.9 Å². The van der Waals surface area contributed by atoms with Crippen LogP contribution in [0, 0.1) is 5.82 Å². The van der Waals surface area contributed by atoms with Crippen LogP contribution in [0.5, 0.6) is 0 Å². The Bertz CT molecular complexity index is 1040. The van der Waals surface area contributed by atoms with E-state index < -0.39 is 17.8 Å². The molecule has 2 heterocycles. The largest absolute Gasteiger partial charge is 0.383 e. The molecular formula is C19H11FN2O4S. The minimum atomic E-state index is -0.930. The van der Waals surface area contributed by atoms with Gasteiger partial charge in [0.1, 0.15) is 5.82 Å². The second-order valence-electron chi connectivity index (χ2n) is 5.72. The van der Waals surface area contributed by atoms with Gasteiger partial charge >= 0.3 is 5.97 Å². The predicted molar refractivity (Wildman–Crippen MR) is 93.7 cm³/mol. The van der Waals surface area contributed by atoms with Gasteiger partial charge in [0.05, 0.1) is 16.1 Å². The number of benzene rings is 2. The van der Waals surface area contributed by atoms with Gasteiger partial charge in [0.15, 0.2) is 5.69 Å². The summed E-state index contributed by atoms with van der Waals surface area (Å²) in [5.74, 6) is -2.69. The number of thiazole rings is 1. The molecule has 4 rings (SSSR count). The Balaban J connectivity index is 1.49. The van der Waals surface area contributed by atoms with Crippen molar-refractivity contribution in [3.63, 3.8) is 0 Å². The van der Waals surface area contributed by atoms with E-state index in [4.69, 9.17) is 4.84 Å². The van der Waals surface area contributed by atoms with Crippen LogP contribution in [-0.2, 0) is 11.3 Å². The van der Waals surface area contributed by atoms with E-state index in [-0.39, 0.29) is 29.1 Å². The summed E-state index contributed by atoms with van der Waals surface area (Å²) in [6, 6.07) is 12.5. The lowest BCUT2D eigenvalue weighted by atomic mass is 10.1. The number of fused-ring (bicyclic) bond motifs is 1. The maximum Gasteiger partial charge on any atom is 0.383 e. The van der Waals surface area contributed by atoms with Crippen molar-refractivity contribution in [2.45, 2.75) is 6.42 Å². The molecule has 0 atom stereocenters. The second-order valence-corrected chi connectivity index (χ2v) is 6.67. The predicted octanol–water partition coefficient (Wildman–Crippen LogP) is 3.24. The number of hydroxylamine groups is 2. The molecule has 2 amide bonds. The molecule has 6 nitrogen and oxygen atoms in total. The van der Waals surface area contributed by atoms with Gasteiger partial charge in [0.25, 0.3) is 11.8 Å². The van der Waals surface area contributed by atoms with Crippen LogP contribution in [0.3, 0.4) is 0 Å². The van der Waals surface area contributed by atoms with Gasteiger partial charge < -0.3 is 4.84 Å². The van der Waals surface area contributed by atoms with E-state index in [1.165, 1.54) is 23.6 Å². The smallest absolute Gasteiger partial charge is 0.322 e. The molecule has 2 aromatic carbocycles. The normalized spacial score (nSPS) is 13.0. The summed E-state index contributed by atoms with van der Waals surface area (Å²) in [5.41, 5.74) is 0.748. The van der Waals surface area contributed by atoms with Crippen molar-refractivity contribution in [1.29, 1.82) is 0 Å². The standard InChI is InChI=1S/C19H11FN2O4S/c20-14-8-4-1-5-11(14)9-16-21-15(10-27-16)19(25)26-22-17(23)12-6-2-3-7-13(12)18(22)24/h1-8,10H,9H2. The van der Waals surface area contributed by atoms with Crippen molar-refractivity contribution in [3.05, 3.63) is 87.1 Å². The molecule has 0 N–H and O–H groups in total. The molecule has 0 saturated carbocycles. The first-order valence-corrected chi connectivity index (χ1v) is 8.80. The van der Waals surface area contributed by atoms with Crippen LogP contribution in [0.25, 0.3) is 0 Å². The van der Waals surface area contributed by atoms with E-state index in [1.54, 1.807) is 30.3 Å². The summed E-state index contributed by atoms with van der Waals surface area (Å²) < 4.78 is 13.7. The van der Waals surface area contributed by atoms with E-state index in [0.717, 1.165) is 11.3 Å². The summed E-state index contributed by atoms with van der Waals surface area (Å²) in [7, 11) is 0. The maximum absolute atomic E-state index is 13.7. The molecule has 8 heteroatoms. The Morgan fingerprint density at radius 2 is 1.67 bits per heavy atom. The van der Waals surface area contributed by atoms with Crippen molar-refractivity contribution in [2.75, 3.05) is 0 Å². The molecular weight excluding hydrogens is 371 g/mol. The Kier molecular flexibility index (Phi) is 4.25. The van der Waals surface area contributed by atoms with Crippen molar-refractivity contribution in [3.8, 4) is 0 Å². The highest BCUT2D eigenvalue weighted by Gasteiger charge is 2.39. The highest BCUT2D eigenvalue weighted by atomic mass is 32.1. The van der Waals surface area contributed by atoms with Crippen molar-refractivity contribution in [1.82, 2.24) is 10.0 Å². The Morgan fingerprint density at radius 3 is 2.33 bits per heavy atom. The van der Waals surface area contributed by atoms with Gasteiger partial charge in [-0.1, -0.05) is 35.4 Å². The van der Waals surface area contributed by atoms with Gasteiger partial charge in [-0.25, -0.2) is 14.2 Å². The van der Waals surface area contributed by atoms with Crippen LogP contribution in [0.1, 0.15) is 41.8 Å². The number of amides is 2. The van der Waals surface area contributed by atoms with Crippen molar-refractivity contribution < 1.29 is 23.6 Å². The van der Waals surface area contributed by atoms with Gasteiger partial charge in [-0.05, 0) is 23.8 Å². The number of nitrogens with zero attached hydrogens (tertiary/aromatic N) is 2. The lowest BCUT2D eigenvalue weighted by Gasteiger charge is -2.11. The first-order chi connectivity index (χ1) is 13.0. The van der Waals surface area contributed by atoms with Gasteiger partial charge in [-0.15, -0.1) is 11.3 Å². The summed E-state index contributed by atoms with van der Waals surface area (Å²) >= 11 is 1.16. The van der Waals surface area contributed by atoms with Gasteiger partial charge in [0.2, 0.25) is 0 Å². The van der Waals surface area contributed by atoms with Gasteiger partial charge in [-0.3, -0.25) is 9.59 Å². The Morgan fingerprint density at radius 1 is 1.04 bits per heavy atom. The SMILES string of the molecule is O=C(ON1C(=O)c2ccccc2C1=O)c1csc(Cc2ccccc2F)n1. The molecule has 0 bridgehead atoms. The minimum Gasteiger partial charge on any atom is -0.322 e. The molecule has 0 radical (unpaired) electrons. The lowest BCUT2D eigenvalue weighted by molar-refractivity contribution is -0.0588. The van der Waals surface area contributed by atoms with E-state index in [1.807, 2.05) is 0 Å². The lowest BCUT2D eigenvalue weighted by Crippen LogP contribution is -2.32. The number of carbonyl (C=O) groups is 3. The number of halogens is 1. The van der Waals surface area contributed by atoms with E-state index >= 15 is 0 Å². The zero-order chi connectivity index (χ0) is 19.0. The minimum absolute atomic E-state index is 0.0529. The van der Waals surface area contributed by atoms with Gasteiger partial charge in [-0.2, -0.15) is 0 Å². The van der Waals surface area contributed by atoms with E-state index in [9.17, 15) is 18.8 Å². The molecule has 1 aliphatic rings. The molecule has 0 unspecified atom stereocenters. The molecule has 0 spiro atoms.